The predicted molar refractivity (Wildman–Crippen MR) is 71.2 cm³/mol. The van der Waals surface area contributed by atoms with Crippen molar-refractivity contribution in [1.82, 2.24) is 5.32 Å². The van der Waals surface area contributed by atoms with Crippen molar-refractivity contribution in [3.05, 3.63) is 27.7 Å². The fourth-order valence-corrected chi connectivity index (χ4v) is 3.68. The lowest BCUT2D eigenvalue weighted by molar-refractivity contribution is 0.494. The molecular weight excluding hydrogens is 264 g/mol. The van der Waals surface area contributed by atoms with Gasteiger partial charge in [-0.2, -0.15) is 0 Å². The summed E-state index contributed by atoms with van der Waals surface area (Å²) in [7, 11) is 0. The number of hydrogen-bond donors (Lipinski definition) is 1. The fourth-order valence-electron chi connectivity index (χ4n) is 3.03. The van der Waals surface area contributed by atoms with Crippen molar-refractivity contribution >= 4 is 21.6 Å². The zero-order chi connectivity index (χ0) is 11.1. The second-order valence-corrected chi connectivity index (χ2v) is 5.49. The van der Waals surface area contributed by atoms with Gasteiger partial charge in [-0.1, -0.05) is 22.9 Å². The van der Waals surface area contributed by atoms with Crippen LogP contribution in [0.1, 0.15) is 18.1 Å². The van der Waals surface area contributed by atoms with E-state index in [1.807, 2.05) is 0 Å². The quantitative estimate of drug-likeness (QED) is 0.850. The fraction of sp³-hybridized carbons (Fsp3) is 0.538. The van der Waals surface area contributed by atoms with Crippen molar-refractivity contribution in [3.63, 3.8) is 0 Å². The molecule has 1 N–H and O–H groups in total. The van der Waals surface area contributed by atoms with E-state index in [0.717, 1.165) is 26.1 Å². The van der Waals surface area contributed by atoms with Gasteiger partial charge in [0.1, 0.15) is 0 Å². The molecule has 1 aromatic rings. The number of rotatable bonds is 1. The molecule has 0 aliphatic carbocycles. The Kier molecular flexibility index (Phi) is 2.68. The normalized spacial score (nSPS) is 23.1. The third-order valence-electron chi connectivity index (χ3n) is 3.80. The van der Waals surface area contributed by atoms with Crippen molar-refractivity contribution in [2.75, 3.05) is 24.5 Å². The summed E-state index contributed by atoms with van der Waals surface area (Å²) >= 11 is 3.68. The van der Waals surface area contributed by atoms with Crippen LogP contribution in [0.2, 0.25) is 0 Å². The van der Waals surface area contributed by atoms with Crippen LogP contribution < -0.4 is 10.2 Å². The Bertz CT molecular complexity index is 417. The van der Waals surface area contributed by atoms with E-state index in [4.69, 9.17) is 0 Å². The minimum atomic E-state index is 0.684. The number of fused-ring (bicyclic) bond motifs is 3. The first-order chi connectivity index (χ1) is 7.81. The molecule has 3 rings (SSSR count). The Morgan fingerprint density at radius 1 is 1.50 bits per heavy atom. The highest BCUT2D eigenvalue weighted by Gasteiger charge is 2.32. The largest absolute Gasteiger partial charge is 0.365 e. The summed E-state index contributed by atoms with van der Waals surface area (Å²) in [6.07, 6.45) is 2.34. The van der Waals surface area contributed by atoms with Gasteiger partial charge >= 0.3 is 0 Å². The Morgan fingerprint density at radius 3 is 3.19 bits per heavy atom. The lowest BCUT2D eigenvalue weighted by atomic mass is 10.0. The van der Waals surface area contributed by atoms with Gasteiger partial charge in [0.25, 0.3) is 0 Å². The van der Waals surface area contributed by atoms with Gasteiger partial charge in [-0.15, -0.1) is 0 Å². The molecule has 1 atom stereocenters. The first-order valence-corrected chi connectivity index (χ1v) is 6.88. The van der Waals surface area contributed by atoms with Gasteiger partial charge in [-0.25, -0.2) is 0 Å². The van der Waals surface area contributed by atoms with Crippen molar-refractivity contribution in [2.24, 2.45) is 0 Å². The Hall–Kier alpha value is -0.540. The summed E-state index contributed by atoms with van der Waals surface area (Å²) in [4.78, 5) is 2.58. The number of benzene rings is 1. The number of halogens is 1. The van der Waals surface area contributed by atoms with E-state index < -0.39 is 0 Å². The molecule has 1 fully saturated rings. The first kappa shape index (κ1) is 10.6. The maximum Gasteiger partial charge on any atom is 0.0456 e. The molecule has 1 aromatic carbocycles. The molecule has 0 bridgehead atoms. The zero-order valence-electron chi connectivity index (χ0n) is 9.59. The smallest absolute Gasteiger partial charge is 0.0456 e. The van der Waals surface area contributed by atoms with Crippen LogP contribution in [0.5, 0.6) is 0 Å². The summed E-state index contributed by atoms with van der Waals surface area (Å²) < 4.78 is 1.28. The van der Waals surface area contributed by atoms with Gasteiger partial charge in [0.05, 0.1) is 0 Å². The first-order valence-electron chi connectivity index (χ1n) is 6.09. The van der Waals surface area contributed by atoms with Crippen molar-refractivity contribution in [2.45, 2.75) is 25.8 Å². The highest BCUT2D eigenvalue weighted by molar-refractivity contribution is 9.10. The van der Waals surface area contributed by atoms with Crippen molar-refractivity contribution in [1.29, 1.82) is 0 Å². The maximum atomic E-state index is 3.68. The maximum absolute atomic E-state index is 3.68. The summed E-state index contributed by atoms with van der Waals surface area (Å²) in [6, 6.07) is 5.18. The molecule has 2 aliphatic rings. The molecule has 2 heterocycles. The van der Waals surface area contributed by atoms with Gasteiger partial charge in [0.15, 0.2) is 0 Å². The summed E-state index contributed by atoms with van der Waals surface area (Å²) in [5, 5.41) is 3.49. The van der Waals surface area contributed by atoms with Crippen LogP contribution in [-0.4, -0.2) is 25.7 Å². The number of piperazine rings is 1. The Labute approximate surface area is 105 Å². The van der Waals surface area contributed by atoms with E-state index >= 15 is 0 Å². The van der Waals surface area contributed by atoms with Gasteiger partial charge < -0.3 is 10.2 Å². The van der Waals surface area contributed by atoms with Crippen LogP contribution in [0.15, 0.2) is 16.6 Å². The zero-order valence-corrected chi connectivity index (χ0v) is 11.2. The Morgan fingerprint density at radius 2 is 2.38 bits per heavy atom. The highest BCUT2D eigenvalue weighted by atomic mass is 79.9. The molecule has 3 heteroatoms. The second-order valence-electron chi connectivity index (χ2n) is 4.63. The van der Waals surface area contributed by atoms with E-state index in [0.29, 0.717) is 6.04 Å². The van der Waals surface area contributed by atoms with Crippen LogP contribution in [0.3, 0.4) is 0 Å². The molecule has 0 amide bonds. The molecule has 0 aromatic heterocycles. The van der Waals surface area contributed by atoms with E-state index in [-0.39, 0.29) is 0 Å². The van der Waals surface area contributed by atoms with E-state index in [9.17, 15) is 0 Å². The molecule has 1 unspecified atom stereocenters. The van der Waals surface area contributed by atoms with Crippen molar-refractivity contribution < 1.29 is 0 Å². The summed E-state index contributed by atoms with van der Waals surface area (Å²) in [5.41, 5.74) is 4.56. The second kappa shape index (κ2) is 4.04. The molecule has 0 saturated carbocycles. The van der Waals surface area contributed by atoms with Gasteiger partial charge in [0, 0.05) is 35.8 Å². The SMILES string of the molecule is CCc1c(Br)ccc2c1CC1CNCCN21. The predicted octanol–water partition coefficient (Wildman–Crippen LogP) is 2.35. The van der Waals surface area contributed by atoms with Gasteiger partial charge in [-0.05, 0) is 36.1 Å². The molecule has 2 aliphatic heterocycles. The minimum Gasteiger partial charge on any atom is -0.365 e. The van der Waals surface area contributed by atoms with Gasteiger partial charge in [0.2, 0.25) is 0 Å². The topological polar surface area (TPSA) is 15.3 Å². The summed E-state index contributed by atoms with van der Waals surface area (Å²) in [6.45, 7) is 5.65. The molecule has 86 valence electrons. The van der Waals surface area contributed by atoms with E-state index in [1.165, 1.54) is 22.1 Å². The average molecular weight is 281 g/mol. The molecule has 1 saturated heterocycles. The number of nitrogens with zero attached hydrogens (tertiary/aromatic N) is 1. The highest BCUT2D eigenvalue weighted by Crippen LogP contribution is 2.38. The summed E-state index contributed by atoms with van der Waals surface area (Å²) in [5.74, 6) is 0. The lowest BCUT2D eigenvalue weighted by Crippen LogP contribution is -2.49. The average Bonchev–Trinajstić information content (AvgIpc) is 2.67. The van der Waals surface area contributed by atoms with E-state index in [2.05, 4.69) is 45.2 Å². The van der Waals surface area contributed by atoms with Crippen LogP contribution >= 0.6 is 15.9 Å². The Balaban J connectivity index is 2.07. The number of hydrogen-bond acceptors (Lipinski definition) is 2. The molecule has 0 radical (unpaired) electrons. The van der Waals surface area contributed by atoms with Crippen molar-refractivity contribution in [3.8, 4) is 0 Å². The molecule has 16 heavy (non-hydrogen) atoms. The minimum absolute atomic E-state index is 0.684. The third-order valence-corrected chi connectivity index (χ3v) is 4.55. The molecule has 0 spiro atoms. The lowest BCUT2D eigenvalue weighted by Gasteiger charge is -2.32. The van der Waals surface area contributed by atoms with Crippen LogP contribution in [-0.2, 0) is 12.8 Å². The number of anilines is 1. The van der Waals surface area contributed by atoms with Crippen LogP contribution in [0.25, 0.3) is 0 Å². The molecular formula is C13H17BrN2. The molecule has 2 nitrogen and oxygen atoms in total. The monoisotopic (exact) mass is 280 g/mol. The van der Waals surface area contributed by atoms with Crippen LogP contribution in [0.4, 0.5) is 5.69 Å². The van der Waals surface area contributed by atoms with Crippen LogP contribution in [0, 0.1) is 0 Å². The standard InChI is InChI=1S/C13H17BrN2/c1-2-10-11-7-9-8-15-5-6-16(9)13(11)4-3-12(10)14/h3-4,9,15H,2,5-8H2,1H3. The number of nitrogens with one attached hydrogen (secondary N) is 1. The van der Waals surface area contributed by atoms with E-state index in [1.54, 1.807) is 5.56 Å². The third kappa shape index (κ3) is 1.49. The van der Waals surface area contributed by atoms with Gasteiger partial charge in [-0.3, -0.25) is 0 Å².